The van der Waals surface area contributed by atoms with E-state index >= 15 is 0 Å². The topological polar surface area (TPSA) is 49.4 Å². The molecule has 4 nitrogen and oxygen atoms in total. The van der Waals surface area contributed by atoms with Crippen LogP contribution in [-0.2, 0) is 9.84 Å². The average Bonchev–Trinajstić information content (AvgIpc) is 2.43. The SMILES string of the molecule is CCN(CC)CC(C)NC(C)c1ccc(S(C)(=O)=O)cc1. The van der Waals surface area contributed by atoms with Gasteiger partial charge < -0.3 is 10.2 Å². The maximum absolute atomic E-state index is 11.5. The second-order valence-corrected chi connectivity index (χ2v) is 7.63. The fourth-order valence-corrected chi connectivity index (χ4v) is 3.08. The van der Waals surface area contributed by atoms with E-state index in [1.165, 1.54) is 6.26 Å². The molecule has 1 aromatic rings. The number of rotatable bonds is 8. The van der Waals surface area contributed by atoms with Gasteiger partial charge in [-0.3, -0.25) is 0 Å². The van der Waals surface area contributed by atoms with Gasteiger partial charge in [0, 0.05) is 24.9 Å². The molecule has 2 unspecified atom stereocenters. The molecule has 0 amide bonds. The standard InChI is InChI=1S/C16H28N2O2S/c1-6-18(7-2)12-13(3)17-14(4)15-8-10-16(11-9-15)21(5,19)20/h8-11,13-14,17H,6-7,12H2,1-5H3. The summed E-state index contributed by atoms with van der Waals surface area (Å²) in [4.78, 5) is 2.76. The maximum Gasteiger partial charge on any atom is 0.175 e. The molecule has 0 spiro atoms. The van der Waals surface area contributed by atoms with Crippen molar-refractivity contribution < 1.29 is 8.42 Å². The van der Waals surface area contributed by atoms with Gasteiger partial charge in [-0.05, 0) is 44.6 Å². The van der Waals surface area contributed by atoms with Crippen molar-refractivity contribution in [1.29, 1.82) is 0 Å². The third-order valence-electron chi connectivity index (χ3n) is 3.77. The van der Waals surface area contributed by atoms with E-state index in [1.807, 2.05) is 12.1 Å². The molecule has 120 valence electrons. The summed E-state index contributed by atoms with van der Waals surface area (Å²) < 4.78 is 22.9. The van der Waals surface area contributed by atoms with Crippen LogP contribution in [0.5, 0.6) is 0 Å². The van der Waals surface area contributed by atoms with Crippen LogP contribution in [-0.4, -0.2) is 45.2 Å². The summed E-state index contributed by atoms with van der Waals surface area (Å²) >= 11 is 0. The molecule has 0 heterocycles. The lowest BCUT2D eigenvalue weighted by Crippen LogP contribution is -2.40. The minimum absolute atomic E-state index is 0.198. The number of sulfone groups is 1. The van der Waals surface area contributed by atoms with Gasteiger partial charge in [-0.15, -0.1) is 0 Å². The molecule has 0 aliphatic heterocycles. The molecule has 0 aliphatic carbocycles. The van der Waals surface area contributed by atoms with Gasteiger partial charge in [0.15, 0.2) is 9.84 Å². The Labute approximate surface area is 129 Å². The highest BCUT2D eigenvalue weighted by Gasteiger charge is 2.13. The Morgan fingerprint density at radius 2 is 1.62 bits per heavy atom. The Morgan fingerprint density at radius 1 is 1.10 bits per heavy atom. The van der Waals surface area contributed by atoms with Crippen LogP contribution in [0.25, 0.3) is 0 Å². The first-order valence-corrected chi connectivity index (χ1v) is 9.45. The van der Waals surface area contributed by atoms with E-state index in [-0.39, 0.29) is 6.04 Å². The number of benzene rings is 1. The number of nitrogens with zero attached hydrogens (tertiary/aromatic N) is 1. The molecule has 1 aromatic carbocycles. The van der Waals surface area contributed by atoms with Gasteiger partial charge >= 0.3 is 0 Å². The number of nitrogens with one attached hydrogen (secondary N) is 1. The molecule has 1 rings (SSSR count). The largest absolute Gasteiger partial charge is 0.306 e. The van der Waals surface area contributed by atoms with Gasteiger partial charge in [0.05, 0.1) is 4.90 Å². The Morgan fingerprint density at radius 3 is 2.05 bits per heavy atom. The summed E-state index contributed by atoms with van der Waals surface area (Å²) in [5.74, 6) is 0. The van der Waals surface area contributed by atoms with Crippen molar-refractivity contribution in [3.63, 3.8) is 0 Å². The number of hydrogen-bond acceptors (Lipinski definition) is 4. The molecule has 5 heteroatoms. The van der Waals surface area contributed by atoms with Crippen molar-refractivity contribution in [1.82, 2.24) is 10.2 Å². The summed E-state index contributed by atoms with van der Waals surface area (Å²) in [7, 11) is -3.12. The maximum atomic E-state index is 11.5. The zero-order valence-corrected chi connectivity index (χ0v) is 14.6. The molecule has 2 atom stereocenters. The second-order valence-electron chi connectivity index (χ2n) is 5.62. The molecule has 0 bridgehead atoms. The van der Waals surface area contributed by atoms with Gasteiger partial charge in [-0.1, -0.05) is 26.0 Å². The predicted octanol–water partition coefficient (Wildman–Crippen LogP) is 2.47. The van der Waals surface area contributed by atoms with E-state index < -0.39 is 9.84 Å². The normalized spacial score (nSPS) is 15.1. The summed E-state index contributed by atoms with van der Waals surface area (Å²) in [6.45, 7) is 11.7. The third kappa shape index (κ3) is 5.77. The monoisotopic (exact) mass is 312 g/mol. The van der Waals surface area contributed by atoms with E-state index in [2.05, 4.69) is 37.9 Å². The van der Waals surface area contributed by atoms with Gasteiger partial charge in [-0.25, -0.2) is 8.42 Å². The quantitative estimate of drug-likeness (QED) is 0.801. The molecular weight excluding hydrogens is 284 g/mol. The van der Waals surface area contributed by atoms with Gasteiger partial charge in [0.2, 0.25) is 0 Å². The van der Waals surface area contributed by atoms with Crippen LogP contribution >= 0.6 is 0 Å². The Hall–Kier alpha value is -0.910. The minimum atomic E-state index is -3.12. The molecular formula is C16H28N2O2S. The molecule has 0 fully saturated rings. The van der Waals surface area contributed by atoms with Crippen LogP contribution in [0, 0.1) is 0 Å². The zero-order valence-electron chi connectivity index (χ0n) is 13.8. The van der Waals surface area contributed by atoms with E-state index in [1.54, 1.807) is 12.1 Å². The van der Waals surface area contributed by atoms with Crippen LogP contribution in [0.4, 0.5) is 0 Å². The summed E-state index contributed by atoms with van der Waals surface area (Å²) in [6.07, 6.45) is 1.23. The molecule has 1 N–H and O–H groups in total. The van der Waals surface area contributed by atoms with Crippen LogP contribution in [0.1, 0.15) is 39.3 Å². The Kier molecular flexibility index (Phi) is 6.84. The smallest absolute Gasteiger partial charge is 0.175 e. The molecule has 0 saturated carbocycles. The van der Waals surface area contributed by atoms with Crippen molar-refractivity contribution in [2.75, 3.05) is 25.9 Å². The van der Waals surface area contributed by atoms with Crippen molar-refractivity contribution in [2.45, 2.75) is 44.7 Å². The lowest BCUT2D eigenvalue weighted by atomic mass is 10.1. The average molecular weight is 312 g/mol. The highest BCUT2D eigenvalue weighted by molar-refractivity contribution is 7.90. The molecule has 0 saturated heterocycles. The first kappa shape index (κ1) is 18.1. The lowest BCUT2D eigenvalue weighted by molar-refractivity contribution is 0.264. The zero-order chi connectivity index (χ0) is 16.0. The Balaban J connectivity index is 2.65. The first-order valence-electron chi connectivity index (χ1n) is 7.56. The van der Waals surface area contributed by atoms with Gasteiger partial charge in [-0.2, -0.15) is 0 Å². The van der Waals surface area contributed by atoms with E-state index in [4.69, 9.17) is 0 Å². The fourth-order valence-electron chi connectivity index (χ4n) is 2.45. The van der Waals surface area contributed by atoms with Crippen LogP contribution < -0.4 is 5.32 Å². The number of likely N-dealkylation sites (N-methyl/N-ethyl adjacent to an activating group) is 1. The van der Waals surface area contributed by atoms with Gasteiger partial charge in [0.1, 0.15) is 0 Å². The minimum Gasteiger partial charge on any atom is -0.306 e. The van der Waals surface area contributed by atoms with Crippen LogP contribution in [0.2, 0.25) is 0 Å². The predicted molar refractivity (Wildman–Crippen MR) is 88.4 cm³/mol. The third-order valence-corrected chi connectivity index (χ3v) is 4.90. The van der Waals surface area contributed by atoms with Crippen molar-refractivity contribution in [3.8, 4) is 0 Å². The van der Waals surface area contributed by atoms with Gasteiger partial charge in [0.25, 0.3) is 0 Å². The molecule has 0 radical (unpaired) electrons. The summed E-state index contributed by atoms with van der Waals surface area (Å²) in [5, 5.41) is 3.56. The van der Waals surface area contributed by atoms with Crippen molar-refractivity contribution in [2.24, 2.45) is 0 Å². The van der Waals surface area contributed by atoms with E-state index in [9.17, 15) is 8.42 Å². The lowest BCUT2D eigenvalue weighted by Gasteiger charge is -2.26. The highest BCUT2D eigenvalue weighted by Crippen LogP contribution is 2.16. The number of hydrogen-bond donors (Lipinski definition) is 1. The van der Waals surface area contributed by atoms with Crippen molar-refractivity contribution in [3.05, 3.63) is 29.8 Å². The summed E-state index contributed by atoms with van der Waals surface area (Å²) in [5.41, 5.74) is 1.11. The first-order chi connectivity index (χ1) is 9.77. The van der Waals surface area contributed by atoms with E-state index in [0.717, 1.165) is 25.2 Å². The molecule has 0 aromatic heterocycles. The molecule has 21 heavy (non-hydrogen) atoms. The van der Waals surface area contributed by atoms with Crippen LogP contribution in [0.3, 0.4) is 0 Å². The second kappa shape index (κ2) is 7.92. The fraction of sp³-hybridized carbons (Fsp3) is 0.625. The highest BCUT2D eigenvalue weighted by atomic mass is 32.2. The Bertz CT molecular complexity index is 522. The van der Waals surface area contributed by atoms with E-state index in [0.29, 0.717) is 10.9 Å². The summed E-state index contributed by atoms with van der Waals surface area (Å²) in [6, 6.07) is 7.71. The molecule has 0 aliphatic rings. The van der Waals surface area contributed by atoms with Crippen molar-refractivity contribution >= 4 is 9.84 Å². The van der Waals surface area contributed by atoms with Crippen LogP contribution in [0.15, 0.2) is 29.2 Å².